The van der Waals surface area contributed by atoms with E-state index in [1.807, 2.05) is 17.5 Å². The van der Waals surface area contributed by atoms with E-state index in [4.69, 9.17) is 4.98 Å². The molecule has 0 saturated heterocycles. The first-order valence-electron chi connectivity index (χ1n) is 11.4. The number of aryl methyl sites for hydroxylation is 1. The van der Waals surface area contributed by atoms with E-state index in [9.17, 15) is 0 Å². The molecule has 4 aliphatic carbocycles. The Bertz CT molecular complexity index is 1100. The van der Waals surface area contributed by atoms with E-state index in [2.05, 4.69) is 55.1 Å². The lowest BCUT2D eigenvalue weighted by Gasteiger charge is -2.64. The topological polar surface area (TPSA) is 16.1 Å². The average Bonchev–Trinajstić information content (AvgIpc) is 3.21. The number of para-hydroxylation sites is 1. The third-order valence-electron chi connectivity index (χ3n) is 8.82. The maximum Gasteiger partial charge on any atom is 0.123 e. The van der Waals surface area contributed by atoms with Gasteiger partial charge in [0.05, 0.1) is 11.6 Å². The minimum Gasteiger partial charge on any atom is -0.353 e. The number of hydrogen-bond donors (Lipinski definition) is 0. The zero-order valence-corrected chi connectivity index (χ0v) is 18.1. The summed E-state index contributed by atoms with van der Waals surface area (Å²) in [4.78, 5) is 10.5. The van der Waals surface area contributed by atoms with Crippen LogP contribution in [0.15, 0.2) is 42.6 Å². The molecular weight excluding hydrogens is 372 g/mol. The first kappa shape index (κ1) is 16.9. The van der Waals surface area contributed by atoms with Gasteiger partial charge in [0.2, 0.25) is 0 Å². The third-order valence-corrected chi connectivity index (χ3v) is 10.1. The van der Waals surface area contributed by atoms with Gasteiger partial charge in [0.15, 0.2) is 0 Å². The van der Waals surface area contributed by atoms with E-state index < -0.39 is 0 Å². The van der Waals surface area contributed by atoms with Crippen LogP contribution in [0.1, 0.15) is 61.1 Å². The summed E-state index contributed by atoms with van der Waals surface area (Å²) >= 11 is 1.96. The zero-order chi connectivity index (χ0) is 19.3. The fourth-order valence-corrected chi connectivity index (χ4v) is 9.42. The van der Waals surface area contributed by atoms with Crippen molar-refractivity contribution >= 4 is 27.2 Å². The minimum absolute atomic E-state index is 0.176. The standard InChI is InChI=1S/C26H28N2S/c1-15-6-3-4-8-22(15)28-16(2)24-23(21-7-5-9-27-25(21)29-24)26(28)19-11-17-10-18(13-19)14-20(26)12-17/h3-9,16-20H,10-14H2,1-2H3. The number of anilines is 1. The summed E-state index contributed by atoms with van der Waals surface area (Å²) in [5, 5.41) is 1.45. The van der Waals surface area contributed by atoms with Gasteiger partial charge < -0.3 is 4.90 Å². The minimum atomic E-state index is 0.176. The molecule has 4 fully saturated rings. The van der Waals surface area contributed by atoms with Crippen molar-refractivity contribution in [1.29, 1.82) is 0 Å². The number of rotatable bonds is 1. The van der Waals surface area contributed by atoms with Gasteiger partial charge in [-0.25, -0.2) is 4.98 Å². The summed E-state index contributed by atoms with van der Waals surface area (Å²) in [6.45, 7) is 4.76. The summed E-state index contributed by atoms with van der Waals surface area (Å²) in [5.74, 6) is 3.54. The summed E-state index contributed by atoms with van der Waals surface area (Å²) in [7, 11) is 0. The Morgan fingerprint density at radius 1 is 0.966 bits per heavy atom. The van der Waals surface area contributed by atoms with Crippen molar-refractivity contribution in [2.45, 2.75) is 57.5 Å². The Hall–Kier alpha value is -1.87. The summed E-state index contributed by atoms with van der Waals surface area (Å²) < 4.78 is 0. The number of nitrogens with zero attached hydrogens (tertiary/aromatic N) is 2. The molecule has 1 unspecified atom stereocenters. The highest BCUT2D eigenvalue weighted by atomic mass is 32.1. The number of hydrogen-bond acceptors (Lipinski definition) is 3. The SMILES string of the molecule is Cc1ccccc1N1C(C)c2sc3ncccc3c2C12C1CC3CC(C1)CC2C3. The lowest BCUT2D eigenvalue weighted by molar-refractivity contribution is -0.0596. The van der Waals surface area contributed by atoms with Crippen LogP contribution in [0.25, 0.3) is 10.2 Å². The molecule has 0 radical (unpaired) electrons. The average molecular weight is 401 g/mol. The first-order valence-corrected chi connectivity index (χ1v) is 12.2. The second-order valence-corrected chi connectivity index (χ2v) is 11.2. The van der Waals surface area contributed by atoms with Crippen molar-refractivity contribution in [2.24, 2.45) is 23.7 Å². The molecule has 2 nitrogen and oxygen atoms in total. The van der Waals surface area contributed by atoms with Crippen LogP contribution in [-0.2, 0) is 5.54 Å². The maximum atomic E-state index is 4.79. The Labute approximate surface area is 177 Å². The summed E-state index contributed by atoms with van der Waals surface area (Å²) in [6.07, 6.45) is 9.19. The van der Waals surface area contributed by atoms with E-state index in [-0.39, 0.29) is 5.54 Å². The van der Waals surface area contributed by atoms with Crippen molar-refractivity contribution < 1.29 is 0 Å². The van der Waals surface area contributed by atoms with Crippen LogP contribution in [0.4, 0.5) is 5.69 Å². The molecule has 3 heteroatoms. The molecule has 1 aromatic carbocycles. The molecule has 4 bridgehead atoms. The molecule has 29 heavy (non-hydrogen) atoms. The van der Waals surface area contributed by atoms with E-state index >= 15 is 0 Å². The monoisotopic (exact) mass is 400 g/mol. The lowest BCUT2D eigenvalue weighted by Crippen LogP contribution is -2.62. The van der Waals surface area contributed by atoms with Crippen LogP contribution in [0.5, 0.6) is 0 Å². The van der Waals surface area contributed by atoms with Gasteiger partial charge in [-0.3, -0.25) is 0 Å². The molecule has 4 saturated carbocycles. The largest absolute Gasteiger partial charge is 0.353 e. The van der Waals surface area contributed by atoms with Crippen molar-refractivity contribution in [1.82, 2.24) is 4.98 Å². The van der Waals surface area contributed by atoms with Crippen LogP contribution >= 0.6 is 11.3 Å². The van der Waals surface area contributed by atoms with Gasteiger partial charge in [-0.15, -0.1) is 11.3 Å². The van der Waals surface area contributed by atoms with Crippen LogP contribution in [0, 0.1) is 30.6 Å². The van der Waals surface area contributed by atoms with Crippen molar-refractivity contribution in [3.8, 4) is 0 Å². The number of thiophene rings is 1. The molecule has 3 heterocycles. The summed E-state index contributed by atoms with van der Waals surface area (Å²) in [6, 6.07) is 14.1. The second kappa shape index (κ2) is 5.63. The van der Waals surface area contributed by atoms with Gasteiger partial charge >= 0.3 is 0 Å². The third kappa shape index (κ3) is 1.96. The molecule has 1 atom stereocenters. The molecule has 1 spiro atoms. The molecule has 3 aromatic rings. The number of pyridine rings is 1. The Morgan fingerprint density at radius 2 is 1.69 bits per heavy atom. The predicted octanol–water partition coefficient (Wildman–Crippen LogP) is 6.84. The fourth-order valence-electron chi connectivity index (χ4n) is 8.16. The molecule has 0 amide bonds. The smallest absolute Gasteiger partial charge is 0.123 e. The number of aromatic nitrogens is 1. The lowest BCUT2D eigenvalue weighted by atomic mass is 9.47. The number of benzene rings is 1. The fraction of sp³-hybridized carbons (Fsp3) is 0.500. The highest BCUT2D eigenvalue weighted by molar-refractivity contribution is 7.19. The van der Waals surface area contributed by atoms with Crippen LogP contribution < -0.4 is 4.90 Å². The Balaban J connectivity index is 1.55. The highest BCUT2D eigenvalue weighted by Gasteiger charge is 2.65. The van der Waals surface area contributed by atoms with Crippen molar-refractivity contribution in [2.75, 3.05) is 4.90 Å². The Kier molecular flexibility index (Phi) is 3.28. The van der Waals surface area contributed by atoms with Gasteiger partial charge in [-0.1, -0.05) is 24.3 Å². The highest BCUT2D eigenvalue weighted by Crippen LogP contribution is 2.70. The molecule has 2 aromatic heterocycles. The molecule has 1 aliphatic heterocycles. The zero-order valence-electron chi connectivity index (χ0n) is 17.3. The van der Waals surface area contributed by atoms with Gasteiger partial charge in [0, 0.05) is 27.7 Å². The summed E-state index contributed by atoms with van der Waals surface area (Å²) in [5.41, 5.74) is 4.74. The number of fused-ring (bicyclic) bond motifs is 3. The maximum absolute atomic E-state index is 4.79. The molecule has 5 aliphatic rings. The molecule has 148 valence electrons. The second-order valence-electron chi connectivity index (χ2n) is 10.2. The molecule has 8 rings (SSSR count). The molecular formula is C26H28N2S. The van der Waals surface area contributed by atoms with E-state index in [0.29, 0.717) is 6.04 Å². The molecule has 0 N–H and O–H groups in total. The first-order chi connectivity index (χ1) is 14.2. The van der Waals surface area contributed by atoms with E-state index in [1.54, 1.807) is 10.4 Å². The van der Waals surface area contributed by atoms with Crippen molar-refractivity contribution in [3.05, 3.63) is 58.6 Å². The van der Waals surface area contributed by atoms with Crippen LogP contribution in [0.2, 0.25) is 0 Å². The predicted molar refractivity (Wildman–Crippen MR) is 120 cm³/mol. The van der Waals surface area contributed by atoms with Crippen LogP contribution in [-0.4, -0.2) is 4.98 Å². The van der Waals surface area contributed by atoms with Gasteiger partial charge in [0.25, 0.3) is 0 Å². The van der Waals surface area contributed by atoms with Crippen molar-refractivity contribution in [3.63, 3.8) is 0 Å². The van der Waals surface area contributed by atoms with Crippen LogP contribution in [0.3, 0.4) is 0 Å². The van der Waals surface area contributed by atoms with E-state index in [0.717, 1.165) is 23.7 Å². The normalized spacial score (nSPS) is 37.0. The Morgan fingerprint density at radius 3 is 2.41 bits per heavy atom. The van der Waals surface area contributed by atoms with Gasteiger partial charge in [-0.2, -0.15) is 0 Å². The van der Waals surface area contributed by atoms with Gasteiger partial charge in [0.1, 0.15) is 4.83 Å². The van der Waals surface area contributed by atoms with E-state index in [1.165, 1.54) is 53.6 Å². The quantitative estimate of drug-likeness (QED) is 0.445. The van der Waals surface area contributed by atoms with Gasteiger partial charge in [-0.05, 0) is 87.3 Å².